The number of aromatic amines is 1. The third-order valence-electron chi connectivity index (χ3n) is 2.53. The largest absolute Gasteiger partial charge is 0.332 e. The first-order valence-corrected chi connectivity index (χ1v) is 5.45. The lowest BCUT2D eigenvalue weighted by atomic mass is 10.2. The highest BCUT2D eigenvalue weighted by atomic mass is 35.5. The quantitative estimate of drug-likeness (QED) is 0.669. The standard InChI is InChI=1S/C12H8ClN3O/c13-10-6-9-7-14-11(16(9)12(17)15-10)8-4-2-1-3-5-8/h1-7H,(H,15,17). The van der Waals surface area contributed by atoms with Gasteiger partial charge in [0, 0.05) is 5.56 Å². The smallest absolute Gasteiger partial charge is 0.297 e. The maximum atomic E-state index is 11.8. The molecule has 0 bridgehead atoms. The zero-order chi connectivity index (χ0) is 11.8. The lowest BCUT2D eigenvalue weighted by Gasteiger charge is -2.00. The van der Waals surface area contributed by atoms with Crippen LogP contribution in [-0.4, -0.2) is 14.4 Å². The molecule has 0 radical (unpaired) electrons. The fraction of sp³-hybridized carbons (Fsp3) is 0. The van der Waals surface area contributed by atoms with Crippen LogP contribution in [0.5, 0.6) is 0 Å². The zero-order valence-electron chi connectivity index (χ0n) is 8.72. The second-order valence-corrected chi connectivity index (χ2v) is 4.04. The Balaban J connectivity index is 2.37. The average Bonchev–Trinajstić information content (AvgIpc) is 2.74. The molecule has 2 heterocycles. The molecule has 1 aromatic carbocycles. The molecule has 0 spiro atoms. The second kappa shape index (κ2) is 3.75. The van der Waals surface area contributed by atoms with E-state index in [0.717, 1.165) is 5.56 Å². The summed E-state index contributed by atoms with van der Waals surface area (Å²) in [5.41, 5.74) is 1.28. The molecule has 0 aliphatic rings. The highest BCUT2D eigenvalue weighted by Gasteiger charge is 2.09. The first-order valence-electron chi connectivity index (χ1n) is 5.07. The van der Waals surface area contributed by atoms with E-state index in [1.165, 1.54) is 4.40 Å². The Bertz CT molecular complexity index is 730. The maximum absolute atomic E-state index is 11.8. The molecule has 17 heavy (non-hydrogen) atoms. The fourth-order valence-electron chi connectivity index (χ4n) is 1.80. The van der Waals surface area contributed by atoms with E-state index in [2.05, 4.69) is 9.97 Å². The molecule has 0 saturated carbocycles. The van der Waals surface area contributed by atoms with Crippen LogP contribution in [0.4, 0.5) is 0 Å². The van der Waals surface area contributed by atoms with Gasteiger partial charge in [-0.05, 0) is 6.07 Å². The third kappa shape index (κ3) is 1.62. The van der Waals surface area contributed by atoms with Crippen LogP contribution in [0, 0.1) is 0 Å². The summed E-state index contributed by atoms with van der Waals surface area (Å²) in [4.78, 5) is 18.6. The van der Waals surface area contributed by atoms with E-state index in [1.54, 1.807) is 12.3 Å². The van der Waals surface area contributed by atoms with Gasteiger partial charge < -0.3 is 0 Å². The summed E-state index contributed by atoms with van der Waals surface area (Å²) < 4.78 is 1.50. The van der Waals surface area contributed by atoms with Crippen molar-refractivity contribution in [2.75, 3.05) is 0 Å². The molecule has 0 amide bonds. The number of nitrogens with one attached hydrogen (secondary N) is 1. The Morgan fingerprint density at radius 3 is 2.76 bits per heavy atom. The number of imidazole rings is 1. The van der Waals surface area contributed by atoms with Crippen LogP contribution in [0.25, 0.3) is 16.9 Å². The topological polar surface area (TPSA) is 50.2 Å². The number of hydrogen-bond donors (Lipinski definition) is 1. The molecule has 84 valence electrons. The summed E-state index contributed by atoms with van der Waals surface area (Å²) >= 11 is 5.78. The molecular formula is C12H8ClN3O. The molecule has 0 aliphatic heterocycles. The molecule has 0 saturated heterocycles. The molecule has 3 rings (SSSR count). The number of benzene rings is 1. The SMILES string of the molecule is O=c1[nH]c(Cl)cc2cnc(-c3ccccc3)n12. The molecule has 2 aromatic heterocycles. The Kier molecular flexibility index (Phi) is 2.23. The molecule has 3 aromatic rings. The van der Waals surface area contributed by atoms with Crippen LogP contribution >= 0.6 is 11.6 Å². The van der Waals surface area contributed by atoms with Gasteiger partial charge in [-0.3, -0.25) is 4.98 Å². The number of rotatable bonds is 1. The third-order valence-corrected chi connectivity index (χ3v) is 2.73. The van der Waals surface area contributed by atoms with Crippen LogP contribution in [0.3, 0.4) is 0 Å². The number of halogens is 1. The number of aromatic nitrogens is 3. The average molecular weight is 246 g/mol. The van der Waals surface area contributed by atoms with Crippen molar-refractivity contribution >= 4 is 17.1 Å². The van der Waals surface area contributed by atoms with Gasteiger partial charge in [-0.25, -0.2) is 14.2 Å². The van der Waals surface area contributed by atoms with E-state index in [9.17, 15) is 4.79 Å². The maximum Gasteiger partial charge on any atom is 0.332 e. The number of nitrogens with zero attached hydrogens (tertiary/aromatic N) is 2. The van der Waals surface area contributed by atoms with Gasteiger partial charge in [-0.15, -0.1) is 0 Å². The summed E-state index contributed by atoms with van der Waals surface area (Å²) in [7, 11) is 0. The van der Waals surface area contributed by atoms with Gasteiger partial charge in [0.25, 0.3) is 0 Å². The van der Waals surface area contributed by atoms with Gasteiger partial charge in [-0.2, -0.15) is 0 Å². The summed E-state index contributed by atoms with van der Waals surface area (Å²) in [6, 6.07) is 11.2. The van der Waals surface area contributed by atoms with E-state index < -0.39 is 0 Å². The number of hydrogen-bond acceptors (Lipinski definition) is 2. The molecule has 0 unspecified atom stereocenters. The van der Waals surface area contributed by atoms with Gasteiger partial charge in [0.05, 0.1) is 11.7 Å². The summed E-state index contributed by atoms with van der Waals surface area (Å²) in [5.74, 6) is 0.610. The van der Waals surface area contributed by atoms with Crippen LogP contribution in [-0.2, 0) is 0 Å². The van der Waals surface area contributed by atoms with Gasteiger partial charge in [-0.1, -0.05) is 41.9 Å². The summed E-state index contributed by atoms with van der Waals surface area (Å²) in [6.07, 6.45) is 1.63. The van der Waals surface area contributed by atoms with Crippen molar-refractivity contribution in [2.45, 2.75) is 0 Å². The minimum atomic E-state index is -0.288. The lowest BCUT2D eigenvalue weighted by Crippen LogP contribution is -2.16. The zero-order valence-corrected chi connectivity index (χ0v) is 9.48. The van der Waals surface area contributed by atoms with Crippen LogP contribution in [0.2, 0.25) is 5.15 Å². The lowest BCUT2D eigenvalue weighted by molar-refractivity contribution is 1.00. The van der Waals surface area contributed by atoms with Crippen molar-refractivity contribution in [3.8, 4) is 11.4 Å². The summed E-state index contributed by atoms with van der Waals surface area (Å²) in [6.45, 7) is 0. The minimum absolute atomic E-state index is 0.288. The van der Waals surface area contributed by atoms with Crippen molar-refractivity contribution in [1.29, 1.82) is 0 Å². The predicted molar refractivity (Wildman–Crippen MR) is 66.3 cm³/mol. The first kappa shape index (κ1) is 10.1. The van der Waals surface area contributed by atoms with Crippen LogP contribution in [0.1, 0.15) is 0 Å². The molecule has 4 nitrogen and oxygen atoms in total. The van der Waals surface area contributed by atoms with Crippen molar-refractivity contribution < 1.29 is 0 Å². The van der Waals surface area contributed by atoms with Gasteiger partial charge in [0.15, 0.2) is 0 Å². The monoisotopic (exact) mass is 245 g/mol. The van der Waals surface area contributed by atoms with Gasteiger partial charge in [0.1, 0.15) is 11.0 Å². The summed E-state index contributed by atoms with van der Waals surface area (Å²) in [5, 5.41) is 0.307. The molecule has 0 fully saturated rings. The Morgan fingerprint density at radius 2 is 2.00 bits per heavy atom. The Hall–Kier alpha value is -2.07. The molecular weight excluding hydrogens is 238 g/mol. The van der Waals surface area contributed by atoms with Crippen molar-refractivity contribution in [2.24, 2.45) is 0 Å². The van der Waals surface area contributed by atoms with Crippen molar-refractivity contribution in [1.82, 2.24) is 14.4 Å². The Morgan fingerprint density at radius 1 is 1.24 bits per heavy atom. The van der Waals surface area contributed by atoms with Crippen molar-refractivity contribution in [3.63, 3.8) is 0 Å². The second-order valence-electron chi connectivity index (χ2n) is 3.63. The van der Waals surface area contributed by atoms with Crippen molar-refractivity contribution in [3.05, 3.63) is 58.2 Å². The predicted octanol–water partition coefficient (Wildman–Crippen LogP) is 2.34. The van der Waals surface area contributed by atoms with E-state index in [1.807, 2.05) is 30.3 Å². The number of H-pyrrole nitrogens is 1. The molecule has 0 atom stereocenters. The number of fused-ring (bicyclic) bond motifs is 1. The van der Waals surface area contributed by atoms with E-state index >= 15 is 0 Å². The normalized spacial score (nSPS) is 10.9. The highest BCUT2D eigenvalue weighted by Crippen LogP contribution is 2.18. The van der Waals surface area contributed by atoms with Gasteiger partial charge >= 0.3 is 5.69 Å². The van der Waals surface area contributed by atoms with Gasteiger partial charge in [0.2, 0.25) is 0 Å². The van der Waals surface area contributed by atoms with Crippen LogP contribution < -0.4 is 5.69 Å². The van der Waals surface area contributed by atoms with E-state index in [0.29, 0.717) is 16.5 Å². The fourth-order valence-corrected chi connectivity index (χ4v) is 1.99. The molecule has 1 N–H and O–H groups in total. The minimum Gasteiger partial charge on any atom is -0.297 e. The first-order chi connectivity index (χ1) is 8.25. The van der Waals surface area contributed by atoms with E-state index in [4.69, 9.17) is 11.6 Å². The Labute approximate surface area is 102 Å². The van der Waals surface area contributed by atoms with Crippen LogP contribution in [0.15, 0.2) is 47.4 Å². The molecule has 5 heteroatoms. The highest BCUT2D eigenvalue weighted by molar-refractivity contribution is 6.29. The van der Waals surface area contributed by atoms with E-state index in [-0.39, 0.29) is 5.69 Å². The molecule has 0 aliphatic carbocycles.